The van der Waals surface area contributed by atoms with E-state index in [1.54, 1.807) is 0 Å². The van der Waals surface area contributed by atoms with Gasteiger partial charge in [0.15, 0.2) is 0 Å². The second-order valence-corrected chi connectivity index (χ2v) is 7.76. The third-order valence-corrected chi connectivity index (χ3v) is 5.17. The lowest BCUT2D eigenvalue weighted by Gasteiger charge is -2.22. The molecule has 0 saturated carbocycles. The van der Waals surface area contributed by atoms with Crippen LogP contribution in [-0.4, -0.2) is 36.5 Å². The number of nitrogens with zero attached hydrogens (tertiary/aromatic N) is 6. The maximum atomic E-state index is 6.18. The predicted octanol–water partition coefficient (Wildman–Crippen LogP) is 4.90. The summed E-state index contributed by atoms with van der Waals surface area (Å²) in [6.07, 6.45) is 7.86. The molecule has 0 atom stereocenters. The van der Waals surface area contributed by atoms with Gasteiger partial charge in [-0.3, -0.25) is 9.99 Å². The molecular formula is C24H32N8. The van der Waals surface area contributed by atoms with Crippen LogP contribution in [-0.2, 0) is 6.54 Å². The van der Waals surface area contributed by atoms with Crippen molar-refractivity contribution in [1.29, 1.82) is 0 Å². The Hall–Kier alpha value is -3.55. The number of pyridine rings is 1. The number of allylic oxidation sites excluding steroid dienone is 1. The molecule has 0 aliphatic carbocycles. The number of hydrazone groups is 1. The molecule has 1 aromatic carbocycles. The molecule has 2 aromatic heterocycles. The van der Waals surface area contributed by atoms with E-state index in [2.05, 4.69) is 52.2 Å². The van der Waals surface area contributed by atoms with Crippen molar-refractivity contribution in [2.45, 2.75) is 58.9 Å². The van der Waals surface area contributed by atoms with Gasteiger partial charge in [0.1, 0.15) is 5.84 Å². The van der Waals surface area contributed by atoms with Gasteiger partial charge in [-0.2, -0.15) is 10.3 Å². The number of rotatable bonds is 12. The molecule has 3 aromatic rings. The van der Waals surface area contributed by atoms with E-state index in [9.17, 15) is 0 Å². The van der Waals surface area contributed by atoms with Gasteiger partial charge in [-0.1, -0.05) is 63.6 Å². The summed E-state index contributed by atoms with van der Waals surface area (Å²) in [6.45, 7) is 9.15. The summed E-state index contributed by atoms with van der Waals surface area (Å²) in [4.78, 5) is 4.70. The van der Waals surface area contributed by atoms with E-state index < -0.39 is 0 Å². The Bertz CT molecular complexity index is 1010. The lowest BCUT2D eigenvalue weighted by atomic mass is 10.0. The molecule has 0 spiro atoms. The van der Waals surface area contributed by atoms with E-state index in [1.807, 2.05) is 41.5 Å². The van der Waals surface area contributed by atoms with Crippen LogP contribution in [0, 0.1) is 0 Å². The molecule has 0 bridgehead atoms. The first-order valence-corrected chi connectivity index (χ1v) is 11.2. The van der Waals surface area contributed by atoms with Crippen LogP contribution < -0.4 is 5.73 Å². The summed E-state index contributed by atoms with van der Waals surface area (Å²) in [6, 6.07) is 12.0. The number of aromatic amines is 1. The van der Waals surface area contributed by atoms with Crippen molar-refractivity contribution < 1.29 is 0 Å². The summed E-state index contributed by atoms with van der Waals surface area (Å²) in [5.41, 5.74) is 10.9. The molecule has 2 heterocycles. The van der Waals surface area contributed by atoms with Crippen molar-refractivity contribution in [2.75, 3.05) is 0 Å². The van der Waals surface area contributed by atoms with E-state index >= 15 is 0 Å². The number of amidine groups is 1. The molecule has 168 valence electrons. The maximum absolute atomic E-state index is 6.18. The largest absolute Gasteiger partial charge is 0.386 e. The first-order valence-electron chi connectivity index (χ1n) is 11.2. The summed E-state index contributed by atoms with van der Waals surface area (Å²) in [7, 11) is 0. The second-order valence-electron chi connectivity index (χ2n) is 7.76. The summed E-state index contributed by atoms with van der Waals surface area (Å²) >= 11 is 0. The maximum Gasteiger partial charge on any atom is 0.205 e. The topological polar surface area (TPSA) is 109 Å². The van der Waals surface area contributed by atoms with Crippen molar-refractivity contribution in [2.24, 2.45) is 10.8 Å². The number of nitrogens with one attached hydrogen (secondary N) is 1. The molecule has 3 N–H and O–H groups in total. The van der Waals surface area contributed by atoms with Gasteiger partial charge >= 0.3 is 0 Å². The quantitative estimate of drug-likeness (QED) is 0.239. The van der Waals surface area contributed by atoms with Crippen LogP contribution in [0.4, 0.5) is 0 Å². The number of nitrogens with two attached hydrogens (primary N) is 1. The Labute approximate surface area is 189 Å². The lowest BCUT2D eigenvalue weighted by Crippen LogP contribution is -2.22. The van der Waals surface area contributed by atoms with Crippen LogP contribution in [0.15, 0.2) is 60.0 Å². The molecule has 0 amide bonds. The van der Waals surface area contributed by atoms with E-state index in [1.165, 1.54) is 0 Å². The smallest absolute Gasteiger partial charge is 0.205 e. The summed E-state index contributed by atoms with van der Waals surface area (Å²) in [5.74, 6) is 1.19. The van der Waals surface area contributed by atoms with Gasteiger partial charge in [-0.05, 0) is 36.1 Å². The second kappa shape index (κ2) is 11.7. The van der Waals surface area contributed by atoms with E-state index in [4.69, 9.17) is 10.7 Å². The van der Waals surface area contributed by atoms with Crippen molar-refractivity contribution in [1.82, 2.24) is 30.6 Å². The van der Waals surface area contributed by atoms with Gasteiger partial charge in [0, 0.05) is 29.4 Å². The third-order valence-electron chi connectivity index (χ3n) is 5.17. The number of unbranched alkanes of at least 4 members (excludes halogenated alkanes) is 2. The average Bonchev–Trinajstić information content (AvgIpc) is 3.36. The number of H-pyrrole nitrogens is 1. The number of benzene rings is 1. The highest BCUT2D eigenvalue weighted by molar-refractivity contribution is 5.80. The fourth-order valence-electron chi connectivity index (χ4n) is 3.32. The van der Waals surface area contributed by atoms with Crippen molar-refractivity contribution in [3.05, 3.63) is 60.4 Å². The minimum Gasteiger partial charge on any atom is -0.386 e. The molecule has 0 aliphatic heterocycles. The summed E-state index contributed by atoms with van der Waals surface area (Å²) in [5, 5.41) is 21.0. The Kier molecular flexibility index (Phi) is 8.48. The van der Waals surface area contributed by atoms with Crippen molar-refractivity contribution in [3.63, 3.8) is 0 Å². The van der Waals surface area contributed by atoms with E-state index in [0.717, 1.165) is 66.6 Å². The Morgan fingerprint density at radius 3 is 2.47 bits per heavy atom. The number of tetrazole rings is 1. The van der Waals surface area contributed by atoms with E-state index in [-0.39, 0.29) is 0 Å². The van der Waals surface area contributed by atoms with Crippen LogP contribution in [0.1, 0.15) is 57.9 Å². The predicted molar refractivity (Wildman–Crippen MR) is 128 cm³/mol. The zero-order valence-corrected chi connectivity index (χ0v) is 19.0. The van der Waals surface area contributed by atoms with Gasteiger partial charge in [-0.15, -0.1) is 10.2 Å². The molecule has 3 rings (SSSR count). The zero-order valence-electron chi connectivity index (χ0n) is 19.0. The highest BCUT2D eigenvalue weighted by atomic mass is 15.5. The lowest BCUT2D eigenvalue weighted by molar-refractivity contribution is 0.340. The van der Waals surface area contributed by atoms with Crippen LogP contribution in [0.25, 0.3) is 22.6 Å². The number of hydrogen-bond acceptors (Lipinski definition) is 6. The molecule has 32 heavy (non-hydrogen) atoms. The average molecular weight is 433 g/mol. The monoisotopic (exact) mass is 432 g/mol. The highest BCUT2D eigenvalue weighted by Gasteiger charge is 2.13. The molecule has 8 heteroatoms. The SMILES string of the molecule is C=C(CCCC)N(Cc1ccc(-c2ccccc2-c2nn[nH]n2)nc1)/N=C(\N)CCCC. The van der Waals surface area contributed by atoms with Gasteiger partial charge in [0.25, 0.3) is 0 Å². The van der Waals surface area contributed by atoms with Gasteiger partial charge in [0.2, 0.25) is 5.82 Å². The highest BCUT2D eigenvalue weighted by Crippen LogP contribution is 2.28. The molecule has 8 nitrogen and oxygen atoms in total. The molecule has 0 radical (unpaired) electrons. The fourth-order valence-corrected chi connectivity index (χ4v) is 3.32. The van der Waals surface area contributed by atoms with Gasteiger partial charge in [0.05, 0.1) is 12.2 Å². The standard InChI is InChI=1S/C24H32N8/c1-4-6-10-18(3)32(29-23(25)13-7-5-2)17-19-14-15-22(26-16-19)20-11-8-9-12-21(20)24-27-30-31-28-24/h8-9,11-12,14-16H,3-7,10,13,17H2,1-2H3,(H2,25,29)(H,27,28,30,31). The fraction of sp³-hybridized carbons (Fsp3) is 0.375. The summed E-state index contributed by atoms with van der Waals surface area (Å²) < 4.78 is 0. The Morgan fingerprint density at radius 2 is 1.81 bits per heavy atom. The zero-order chi connectivity index (χ0) is 22.8. The molecule has 0 saturated heterocycles. The third kappa shape index (κ3) is 6.23. The van der Waals surface area contributed by atoms with Crippen LogP contribution >= 0.6 is 0 Å². The van der Waals surface area contributed by atoms with Crippen LogP contribution in [0.5, 0.6) is 0 Å². The Balaban J connectivity index is 1.80. The molecule has 0 fully saturated rings. The van der Waals surface area contributed by atoms with Crippen LogP contribution in [0.2, 0.25) is 0 Å². The Morgan fingerprint density at radius 1 is 1.06 bits per heavy atom. The van der Waals surface area contributed by atoms with Crippen molar-refractivity contribution >= 4 is 5.84 Å². The van der Waals surface area contributed by atoms with Gasteiger partial charge in [-0.25, -0.2) is 0 Å². The first-order chi connectivity index (χ1) is 15.6. The number of aromatic nitrogens is 5. The molecule has 0 aliphatic rings. The normalized spacial score (nSPS) is 11.5. The van der Waals surface area contributed by atoms with Crippen LogP contribution in [0.3, 0.4) is 0 Å². The molecule has 0 unspecified atom stereocenters. The minimum absolute atomic E-state index is 0.543. The van der Waals surface area contributed by atoms with E-state index in [0.29, 0.717) is 18.2 Å². The number of hydrogen-bond donors (Lipinski definition) is 2. The molecular weight excluding hydrogens is 400 g/mol. The minimum atomic E-state index is 0.543. The van der Waals surface area contributed by atoms with Crippen molar-refractivity contribution in [3.8, 4) is 22.6 Å². The first kappa shape index (κ1) is 23.1. The van der Waals surface area contributed by atoms with Gasteiger partial charge < -0.3 is 5.73 Å².